The number of hydrogen-bond donors (Lipinski definition) is 1. The lowest BCUT2D eigenvalue weighted by atomic mass is 10.2. The molecule has 1 fully saturated rings. The minimum Gasteiger partial charge on any atom is -0.467 e. The number of nitrogens with zero attached hydrogens (tertiary/aromatic N) is 3. The van der Waals surface area contributed by atoms with E-state index >= 15 is 0 Å². The molecule has 0 aromatic heterocycles. The maximum absolute atomic E-state index is 11.4. The van der Waals surface area contributed by atoms with Crippen LogP contribution in [0.15, 0.2) is 23.1 Å². The SMILES string of the molecule is NS(=O)(=O)c1ccc(N2CCN(CCOC=O)CC2)c([N+](=O)[O-])c1. The number of rotatable bonds is 7. The number of benzene rings is 1. The van der Waals surface area contributed by atoms with Gasteiger partial charge in [-0.05, 0) is 12.1 Å². The van der Waals surface area contributed by atoms with Crippen molar-refractivity contribution in [3.63, 3.8) is 0 Å². The fraction of sp³-hybridized carbons (Fsp3) is 0.462. The van der Waals surface area contributed by atoms with E-state index in [0.717, 1.165) is 6.07 Å². The number of carbonyl (C=O) groups excluding carboxylic acids is 1. The number of nitrogens with two attached hydrogens (primary N) is 1. The third kappa shape index (κ3) is 4.40. The van der Waals surface area contributed by atoms with Crippen molar-refractivity contribution in [2.75, 3.05) is 44.2 Å². The lowest BCUT2D eigenvalue weighted by Crippen LogP contribution is -2.47. The average Bonchev–Trinajstić information content (AvgIpc) is 2.54. The Kier molecular flexibility index (Phi) is 5.70. The third-order valence-electron chi connectivity index (χ3n) is 3.78. The quantitative estimate of drug-likeness (QED) is 0.299. The molecule has 1 aromatic carbocycles. The van der Waals surface area contributed by atoms with Gasteiger partial charge in [-0.25, -0.2) is 13.6 Å². The van der Waals surface area contributed by atoms with E-state index in [2.05, 4.69) is 9.64 Å². The number of primary sulfonamides is 1. The van der Waals surface area contributed by atoms with E-state index in [-0.39, 0.29) is 10.6 Å². The summed E-state index contributed by atoms with van der Waals surface area (Å²) in [6, 6.07) is 3.65. The number of nitro benzene ring substituents is 1. The Hall–Kier alpha value is -2.24. The van der Waals surface area contributed by atoms with Gasteiger partial charge in [0.05, 0.1) is 9.82 Å². The number of anilines is 1. The van der Waals surface area contributed by atoms with Gasteiger partial charge in [0.1, 0.15) is 12.3 Å². The van der Waals surface area contributed by atoms with Gasteiger partial charge < -0.3 is 9.64 Å². The highest BCUT2D eigenvalue weighted by atomic mass is 32.2. The number of piperazine rings is 1. The normalized spacial score (nSPS) is 16.0. The smallest absolute Gasteiger partial charge is 0.293 e. The molecular weight excluding hydrogens is 340 g/mol. The van der Waals surface area contributed by atoms with Gasteiger partial charge in [-0.3, -0.25) is 19.8 Å². The van der Waals surface area contributed by atoms with Crippen molar-refractivity contribution in [3.05, 3.63) is 28.3 Å². The molecule has 10 nitrogen and oxygen atoms in total. The van der Waals surface area contributed by atoms with E-state index in [4.69, 9.17) is 5.14 Å². The van der Waals surface area contributed by atoms with Gasteiger partial charge in [-0.1, -0.05) is 0 Å². The molecule has 0 spiro atoms. The molecule has 1 aliphatic heterocycles. The van der Waals surface area contributed by atoms with Crippen molar-refractivity contribution < 1.29 is 22.9 Å². The molecule has 0 aliphatic carbocycles. The topological polar surface area (TPSA) is 136 Å². The third-order valence-corrected chi connectivity index (χ3v) is 4.69. The van der Waals surface area contributed by atoms with Crippen molar-refractivity contribution in [1.29, 1.82) is 0 Å². The van der Waals surface area contributed by atoms with Gasteiger partial charge in [0, 0.05) is 38.8 Å². The van der Waals surface area contributed by atoms with Crippen LogP contribution in [-0.4, -0.2) is 64.0 Å². The maximum Gasteiger partial charge on any atom is 0.293 e. The predicted molar refractivity (Wildman–Crippen MR) is 85.1 cm³/mol. The molecule has 1 aliphatic rings. The summed E-state index contributed by atoms with van der Waals surface area (Å²) in [5.41, 5.74) is 0.0652. The van der Waals surface area contributed by atoms with Crippen molar-refractivity contribution in [3.8, 4) is 0 Å². The Morgan fingerprint density at radius 2 is 1.96 bits per heavy atom. The van der Waals surface area contributed by atoms with Gasteiger partial charge >= 0.3 is 0 Å². The standard InChI is InChI=1S/C13H18N4O6S/c14-24(21,22)11-1-2-12(13(9-11)17(19)20)16-5-3-15(4-6-16)7-8-23-10-18/h1-2,9-10H,3-8H2,(H2,14,21,22). The summed E-state index contributed by atoms with van der Waals surface area (Å²) in [4.78, 5) is 24.4. The summed E-state index contributed by atoms with van der Waals surface area (Å²) >= 11 is 0. The van der Waals surface area contributed by atoms with Crippen LogP contribution in [0.25, 0.3) is 0 Å². The van der Waals surface area contributed by atoms with Crippen molar-refractivity contribution in [2.45, 2.75) is 4.90 Å². The van der Waals surface area contributed by atoms with Gasteiger partial charge in [-0.15, -0.1) is 0 Å². The molecule has 11 heteroatoms. The first-order chi connectivity index (χ1) is 11.3. The molecule has 0 bridgehead atoms. The average molecular weight is 358 g/mol. The second kappa shape index (κ2) is 7.55. The molecule has 0 atom stereocenters. The lowest BCUT2D eigenvalue weighted by Gasteiger charge is -2.35. The van der Waals surface area contributed by atoms with Crippen LogP contribution in [0.3, 0.4) is 0 Å². The van der Waals surface area contributed by atoms with Gasteiger partial charge in [-0.2, -0.15) is 0 Å². The largest absolute Gasteiger partial charge is 0.467 e. The van der Waals surface area contributed by atoms with E-state index in [1.165, 1.54) is 12.1 Å². The number of carbonyl (C=O) groups is 1. The molecule has 1 saturated heterocycles. The van der Waals surface area contributed by atoms with Crippen LogP contribution < -0.4 is 10.0 Å². The molecule has 0 saturated carbocycles. The van der Waals surface area contributed by atoms with Crippen LogP contribution in [0.5, 0.6) is 0 Å². The van der Waals surface area contributed by atoms with Gasteiger partial charge in [0.2, 0.25) is 10.0 Å². The number of ether oxygens (including phenoxy) is 1. The second-order valence-corrected chi connectivity index (χ2v) is 6.81. The van der Waals surface area contributed by atoms with E-state index in [9.17, 15) is 23.3 Å². The van der Waals surface area contributed by atoms with Gasteiger partial charge in [0.25, 0.3) is 12.2 Å². The van der Waals surface area contributed by atoms with Crippen LogP contribution in [-0.2, 0) is 19.6 Å². The van der Waals surface area contributed by atoms with Crippen LogP contribution in [0, 0.1) is 10.1 Å². The number of sulfonamides is 1. The Labute approximate surface area is 139 Å². The highest BCUT2D eigenvalue weighted by molar-refractivity contribution is 7.89. The highest BCUT2D eigenvalue weighted by Crippen LogP contribution is 2.31. The van der Waals surface area contributed by atoms with Gasteiger partial charge in [0.15, 0.2) is 0 Å². The summed E-state index contributed by atoms with van der Waals surface area (Å²) in [7, 11) is -4.00. The Morgan fingerprint density at radius 3 is 2.50 bits per heavy atom. The molecule has 1 heterocycles. The molecular formula is C13H18N4O6S. The Bertz CT molecular complexity index is 715. The predicted octanol–water partition coefficient (Wildman–Crippen LogP) is -0.463. The molecule has 0 unspecified atom stereocenters. The van der Waals surface area contributed by atoms with Crippen LogP contribution in [0.2, 0.25) is 0 Å². The molecule has 1 aromatic rings. The minimum absolute atomic E-state index is 0.289. The molecule has 0 radical (unpaired) electrons. The summed E-state index contributed by atoms with van der Waals surface area (Å²) in [6.07, 6.45) is 0. The first-order valence-corrected chi connectivity index (χ1v) is 8.71. The summed E-state index contributed by atoms with van der Waals surface area (Å²) in [5, 5.41) is 16.3. The summed E-state index contributed by atoms with van der Waals surface area (Å²) in [5.74, 6) is 0. The number of hydrogen-bond acceptors (Lipinski definition) is 8. The minimum atomic E-state index is -4.00. The zero-order chi connectivity index (χ0) is 17.7. The molecule has 132 valence electrons. The van der Waals surface area contributed by atoms with E-state index in [1.807, 2.05) is 4.90 Å². The number of nitro groups is 1. The molecule has 0 amide bonds. The lowest BCUT2D eigenvalue weighted by molar-refractivity contribution is -0.384. The molecule has 2 rings (SSSR count). The van der Waals surface area contributed by atoms with Crippen LogP contribution >= 0.6 is 0 Å². The van der Waals surface area contributed by atoms with Crippen molar-refractivity contribution in [2.24, 2.45) is 5.14 Å². The van der Waals surface area contributed by atoms with E-state index < -0.39 is 14.9 Å². The van der Waals surface area contributed by atoms with E-state index in [0.29, 0.717) is 51.5 Å². The highest BCUT2D eigenvalue weighted by Gasteiger charge is 2.25. The van der Waals surface area contributed by atoms with E-state index in [1.54, 1.807) is 0 Å². The second-order valence-electron chi connectivity index (χ2n) is 5.25. The Balaban J connectivity index is 2.12. The van der Waals surface area contributed by atoms with Crippen molar-refractivity contribution >= 4 is 27.9 Å². The zero-order valence-electron chi connectivity index (χ0n) is 12.8. The zero-order valence-corrected chi connectivity index (χ0v) is 13.6. The first kappa shape index (κ1) is 18.1. The maximum atomic E-state index is 11.4. The Morgan fingerprint density at radius 1 is 1.29 bits per heavy atom. The first-order valence-electron chi connectivity index (χ1n) is 7.16. The molecule has 2 N–H and O–H groups in total. The summed E-state index contributed by atoms with van der Waals surface area (Å²) < 4.78 is 27.4. The summed E-state index contributed by atoms with van der Waals surface area (Å²) in [6.45, 7) is 3.66. The molecule has 24 heavy (non-hydrogen) atoms. The van der Waals surface area contributed by atoms with Crippen LogP contribution in [0.4, 0.5) is 11.4 Å². The fourth-order valence-electron chi connectivity index (χ4n) is 2.54. The monoisotopic (exact) mass is 358 g/mol. The van der Waals surface area contributed by atoms with Crippen molar-refractivity contribution in [1.82, 2.24) is 4.90 Å². The fourth-order valence-corrected chi connectivity index (χ4v) is 3.07. The van der Waals surface area contributed by atoms with Crippen LogP contribution in [0.1, 0.15) is 0 Å².